The zero-order valence-electron chi connectivity index (χ0n) is 16.2. The number of hydrogen-bond donors (Lipinski definition) is 1. The Morgan fingerprint density at radius 2 is 1.81 bits per heavy atom. The Balaban J connectivity index is 1.94. The number of anilines is 1. The summed E-state index contributed by atoms with van der Waals surface area (Å²) in [4.78, 5) is 28.6. The second-order valence-corrected chi connectivity index (χ2v) is 6.75. The fraction of sp³-hybridized carbons (Fsp3) is 0.600. The van der Waals surface area contributed by atoms with Crippen LogP contribution in [0, 0.1) is 0 Å². The van der Waals surface area contributed by atoms with Gasteiger partial charge in [0.05, 0.1) is 13.2 Å². The van der Waals surface area contributed by atoms with Crippen LogP contribution in [0.2, 0.25) is 0 Å². The van der Waals surface area contributed by atoms with Gasteiger partial charge in [-0.15, -0.1) is 0 Å². The molecule has 1 aliphatic heterocycles. The molecule has 0 spiro atoms. The molecule has 1 aromatic carbocycles. The molecule has 2 rings (SSSR count). The summed E-state index contributed by atoms with van der Waals surface area (Å²) in [6.45, 7) is 6.29. The van der Waals surface area contributed by atoms with Crippen LogP contribution in [-0.4, -0.2) is 49.6 Å². The molecule has 0 saturated carbocycles. The number of carbonyl (C=O) groups excluding carboxylic acids is 2. The van der Waals surface area contributed by atoms with Gasteiger partial charge in [0.25, 0.3) is 0 Å². The van der Waals surface area contributed by atoms with Gasteiger partial charge in [0, 0.05) is 31.7 Å². The van der Waals surface area contributed by atoms with Crippen molar-refractivity contribution in [1.82, 2.24) is 10.2 Å². The van der Waals surface area contributed by atoms with Crippen LogP contribution in [0.4, 0.5) is 10.5 Å². The molecule has 6 heteroatoms. The monoisotopic (exact) mass is 361 g/mol. The van der Waals surface area contributed by atoms with E-state index in [1.165, 1.54) is 0 Å². The highest BCUT2D eigenvalue weighted by atomic mass is 16.5. The summed E-state index contributed by atoms with van der Waals surface area (Å²) < 4.78 is 5.16. The van der Waals surface area contributed by atoms with Gasteiger partial charge in [0.2, 0.25) is 5.91 Å². The second-order valence-electron chi connectivity index (χ2n) is 6.75. The number of amides is 3. The first-order chi connectivity index (χ1) is 12.6. The molecule has 1 aliphatic rings. The lowest BCUT2D eigenvalue weighted by Gasteiger charge is -2.25. The van der Waals surface area contributed by atoms with Gasteiger partial charge in [0.1, 0.15) is 5.75 Å². The number of unbranched alkanes of at least 4 members (excludes halogenated alkanes) is 2. The third-order valence-electron chi connectivity index (χ3n) is 4.69. The van der Waals surface area contributed by atoms with Crippen molar-refractivity contribution in [2.75, 3.05) is 31.6 Å². The molecule has 3 amide bonds. The van der Waals surface area contributed by atoms with E-state index in [4.69, 9.17) is 4.74 Å². The minimum Gasteiger partial charge on any atom is -0.497 e. The summed E-state index contributed by atoms with van der Waals surface area (Å²) >= 11 is 0. The lowest BCUT2D eigenvalue weighted by Crippen LogP contribution is -2.46. The molecule has 1 saturated heterocycles. The predicted octanol–water partition coefficient (Wildman–Crippen LogP) is 3.41. The Kier molecular flexibility index (Phi) is 7.75. The zero-order chi connectivity index (χ0) is 18.9. The van der Waals surface area contributed by atoms with E-state index in [0.717, 1.165) is 50.2 Å². The van der Waals surface area contributed by atoms with Gasteiger partial charge in [-0.05, 0) is 37.1 Å². The molecule has 0 radical (unpaired) electrons. The van der Waals surface area contributed by atoms with E-state index in [1.807, 2.05) is 29.2 Å². The number of benzene rings is 1. The topological polar surface area (TPSA) is 61.9 Å². The predicted molar refractivity (Wildman–Crippen MR) is 104 cm³/mol. The van der Waals surface area contributed by atoms with Gasteiger partial charge < -0.3 is 19.9 Å². The number of nitrogens with one attached hydrogen (secondary N) is 1. The standard InChI is InChI=1S/C20H31N3O3/c1-4-6-12-22(13-7-5-2)20(25)21-16-14-19(24)23(15-16)17-8-10-18(26-3)11-9-17/h8-11,16H,4-7,12-15H2,1-3H3,(H,21,25)/t16-/m0/s1. The van der Waals surface area contributed by atoms with Gasteiger partial charge in [-0.1, -0.05) is 26.7 Å². The highest BCUT2D eigenvalue weighted by Gasteiger charge is 2.32. The highest BCUT2D eigenvalue weighted by Crippen LogP contribution is 2.24. The molecule has 1 heterocycles. The second kappa shape index (κ2) is 10.0. The third kappa shape index (κ3) is 5.38. The number of rotatable bonds is 9. The quantitative estimate of drug-likeness (QED) is 0.733. The van der Waals surface area contributed by atoms with Crippen molar-refractivity contribution in [3.8, 4) is 5.75 Å². The smallest absolute Gasteiger partial charge is 0.317 e. The summed E-state index contributed by atoms with van der Waals surface area (Å²) in [5.74, 6) is 0.793. The number of urea groups is 1. The van der Waals surface area contributed by atoms with Crippen LogP contribution < -0.4 is 15.0 Å². The minimum absolute atomic E-state index is 0.0362. The maximum absolute atomic E-state index is 12.6. The van der Waals surface area contributed by atoms with Gasteiger partial charge in [0.15, 0.2) is 0 Å². The molecule has 6 nitrogen and oxygen atoms in total. The summed E-state index contributed by atoms with van der Waals surface area (Å²) in [5.41, 5.74) is 0.835. The summed E-state index contributed by atoms with van der Waals surface area (Å²) in [7, 11) is 1.62. The normalized spacial score (nSPS) is 16.7. The van der Waals surface area contributed by atoms with E-state index in [-0.39, 0.29) is 18.0 Å². The molecule has 1 aromatic rings. The maximum Gasteiger partial charge on any atom is 0.317 e. The Labute approximate surface area is 156 Å². The van der Waals surface area contributed by atoms with Crippen LogP contribution in [0.3, 0.4) is 0 Å². The number of hydrogen-bond acceptors (Lipinski definition) is 3. The molecule has 1 fully saturated rings. The molecule has 26 heavy (non-hydrogen) atoms. The Hall–Kier alpha value is -2.24. The van der Waals surface area contributed by atoms with Gasteiger partial charge >= 0.3 is 6.03 Å². The zero-order valence-corrected chi connectivity index (χ0v) is 16.2. The molecule has 0 aliphatic carbocycles. The summed E-state index contributed by atoms with van der Waals surface area (Å²) in [6, 6.07) is 7.22. The van der Waals surface area contributed by atoms with Crippen LogP contribution in [0.25, 0.3) is 0 Å². The lowest BCUT2D eigenvalue weighted by atomic mass is 10.2. The average molecular weight is 361 g/mol. The van der Waals surface area contributed by atoms with E-state index in [2.05, 4.69) is 19.2 Å². The average Bonchev–Trinajstić information content (AvgIpc) is 3.02. The first kappa shape index (κ1) is 20.1. The van der Waals surface area contributed by atoms with Crippen molar-refractivity contribution in [2.24, 2.45) is 0 Å². The number of methoxy groups -OCH3 is 1. The van der Waals surface area contributed by atoms with Crippen molar-refractivity contribution in [3.05, 3.63) is 24.3 Å². The largest absolute Gasteiger partial charge is 0.497 e. The maximum atomic E-state index is 12.6. The van der Waals surface area contributed by atoms with E-state index < -0.39 is 0 Å². The van der Waals surface area contributed by atoms with Crippen LogP contribution in [0.1, 0.15) is 46.0 Å². The molecule has 1 atom stereocenters. The van der Waals surface area contributed by atoms with Crippen LogP contribution >= 0.6 is 0 Å². The highest BCUT2D eigenvalue weighted by molar-refractivity contribution is 5.96. The first-order valence-electron chi connectivity index (χ1n) is 9.58. The Morgan fingerprint density at radius 1 is 1.19 bits per heavy atom. The van der Waals surface area contributed by atoms with Crippen molar-refractivity contribution in [1.29, 1.82) is 0 Å². The van der Waals surface area contributed by atoms with Crippen LogP contribution in [0.15, 0.2) is 24.3 Å². The van der Waals surface area contributed by atoms with E-state index in [0.29, 0.717) is 13.0 Å². The fourth-order valence-electron chi connectivity index (χ4n) is 3.09. The minimum atomic E-state index is -0.150. The van der Waals surface area contributed by atoms with E-state index in [9.17, 15) is 9.59 Å². The van der Waals surface area contributed by atoms with E-state index in [1.54, 1.807) is 12.0 Å². The molecule has 0 aromatic heterocycles. The van der Waals surface area contributed by atoms with Crippen molar-refractivity contribution >= 4 is 17.6 Å². The SMILES string of the molecule is CCCCN(CCCC)C(=O)N[C@H]1CC(=O)N(c2ccc(OC)cc2)C1. The van der Waals surface area contributed by atoms with Gasteiger partial charge in [-0.25, -0.2) is 4.79 Å². The Morgan fingerprint density at radius 3 is 2.35 bits per heavy atom. The van der Waals surface area contributed by atoms with Gasteiger partial charge in [-0.2, -0.15) is 0 Å². The lowest BCUT2D eigenvalue weighted by molar-refractivity contribution is -0.117. The third-order valence-corrected chi connectivity index (χ3v) is 4.69. The van der Waals surface area contributed by atoms with Crippen LogP contribution in [-0.2, 0) is 4.79 Å². The van der Waals surface area contributed by atoms with Crippen molar-refractivity contribution < 1.29 is 14.3 Å². The molecular formula is C20H31N3O3. The van der Waals surface area contributed by atoms with Crippen LogP contribution in [0.5, 0.6) is 5.75 Å². The summed E-state index contributed by atoms with van der Waals surface area (Å²) in [6.07, 6.45) is 4.46. The molecule has 0 bridgehead atoms. The fourth-order valence-corrected chi connectivity index (χ4v) is 3.09. The molecular weight excluding hydrogens is 330 g/mol. The number of carbonyl (C=O) groups is 2. The first-order valence-corrected chi connectivity index (χ1v) is 9.58. The van der Waals surface area contributed by atoms with Gasteiger partial charge in [-0.3, -0.25) is 4.79 Å². The molecule has 1 N–H and O–H groups in total. The van der Waals surface area contributed by atoms with E-state index >= 15 is 0 Å². The summed E-state index contributed by atoms with van der Waals surface area (Å²) in [5, 5.41) is 3.05. The molecule has 0 unspecified atom stereocenters. The number of ether oxygens (including phenoxy) is 1. The van der Waals surface area contributed by atoms with Crippen molar-refractivity contribution in [3.63, 3.8) is 0 Å². The Bertz CT molecular complexity index is 580. The number of nitrogens with zero attached hydrogens (tertiary/aromatic N) is 2. The van der Waals surface area contributed by atoms with Crippen molar-refractivity contribution in [2.45, 2.75) is 52.0 Å². The molecule has 144 valence electrons.